The lowest BCUT2D eigenvalue weighted by Gasteiger charge is -2.02. The monoisotopic (exact) mass is 220 g/mol. The second-order valence-electron chi connectivity index (χ2n) is 2.63. The van der Waals surface area contributed by atoms with E-state index in [-0.39, 0.29) is 0 Å². The van der Waals surface area contributed by atoms with Crippen LogP contribution >= 0.6 is 11.8 Å². The largest absolute Gasteiger partial charge is 0.272 e. The van der Waals surface area contributed by atoms with Crippen LogP contribution in [0.4, 0.5) is 0 Å². The van der Waals surface area contributed by atoms with Crippen LogP contribution in [-0.2, 0) is 5.75 Å². The molecule has 1 rings (SSSR count). The van der Waals surface area contributed by atoms with E-state index >= 15 is 0 Å². The van der Waals surface area contributed by atoms with E-state index in [0.717, 1.165) is 5.69 Å². The van der Waals surface area contributed by atoms with Crippen molar-refractivity contribution in [1.29, 1.82) is 5.26 Å². The number of aromatic nitrogens is 1. The SMILES string of the molecule is CCN=C(NC#N)SCc1ccccn1. The standard InChI is InChI=1S/C10H12N4S/c1-2-12-10(14-8-11)15-7-9-5-3-4-6-13-9/h3-6H,2,7H2,1H3,(H,12,14). The van der Waals surface area contributed by atoms with Crippen molar-refractivity contribution in [3.05, 3.63) is 30.1 Å². The lowest BCUT2D eigenvalue weighted by molar-refractivity contribution is 1.11. The molecule has 0 fully saturated rings. The third-order valence-electron chi connectivity index (χ3n) is 1.55. The van der Waals surface area contributed by atoms with Gasteiger partial charge >= 0.3 is 0 Å². The Labute approximate surface area is 93.4 Å². The zero-order valence-electron chi connectivity index (χ0n) is 8.47. The van der Waals surface area contributed by atoms with Gasteiger partial charge in [0.1, 0.15) is 0 Å². The fourth-order valence-electron chi connectivity index (χ4n) is 0.938. The number of hydrogen-bond donors (Lipinski definition) is 1. The minimum absolute atomic E-state index is 0.644. The normalized spacial score (nSPS) is 10.8. The minimum Gasteiger partial charge on any atom is -0.272 e. The van der Waals surface area contributed by atoms with Crippen LogP contribution in [0.3, 0.4) is 0 Å². The first-order valence-electron chi connectivity index (χ1n) is 4.59. The molecule has 1 aromatic rings. The maximum Gasteiger partial charge on any atom is 0.183 e. The molecule has 0 unspecified atom stereocenters. The Morgan fingerprint density at radius 3 is 3.13 bits per heavy atom. The van der Waals surface area contributed by atoms with Crippen LogP contribution in [0.2, 0.25) is 0 Å². The highest BCUT2D eigenvalue weighted by molar-refractivity contribution is 8.13. The van der Waals surface area contributed by atoms with E-state index in [2.05, 4.69) is 15.3 Å². The molecule has 0 radical (unpaired) electrons. The van der Waals surface area contributed by atoms with Crippen LogP contribution in [0.1, 0.15) is 12.6 Å². The topological polar surface area (TPSA) is 61.1 Å². The van der Waals surface area contributed by atoms with E-state index < -0.39 is 0 Å². The molecule has 1 N–H and O–H groups in total. The van der Waals surface area contributed by atoms with Crippen LogP contribution in [-0.4, -0.2) is 16.7 Å². The van der Waals surface area contributed by atoms with Gasteiger partial charge in [-0.3, -0.25) is 15.3 Å². The van der Waals surface area contributed by atoms with Crippen molar-refractivity contribution in [3.8, 4) is 6.19 Å². The van der Waals surface area contributed by atoms with E-state index in [1.165, 1.54) is 11.8 Å². The summed E-state index contributed by atoms with van der Waals surface area (Å²) in [5, 5.41) is 11.7. The maximum atomic E-state index is 8.49. The zero-order valence-corrected chi connectivity index (χ0v) is 9.29. The van der Waals surface area contributed by atoms with Gasteiger partial charge in [0.25, 0.3) is 0 Å². The Morgan fingerprint density at radius 1 is 1.67 bits per heavy atom. The molecule has 0 aliphatic heterocycles. The van der Waals surface area contributed by atoms with Crippen LogP contribution in [0.5, 0.6) is 0 Å². The first kappa shape index (κ1) is 11.5. The summed E-state index contributed by atoms with van der Waals surface area (Å²) in [4.78, 5) is 8.33. The van der Waals surface area contributed by atoms with Gasteiger partial charge in [-0.15, -0.1) is 0 Å². The Balaban J connectivity index is 2.48. The van der Waals surface area contributed by atoms with E-state index in [0.29, 0.717) is 17.5 Å². The Hall–Kier alpha value is -1.54. The number of nitrogens with one attached hydrogen (secondary N) is 1. The van der Waals surface area contributed by atoms with Gasteiger partial charge in [-0.05, 0) is 19.1 Å². The number of pyridine rings is 1. The summed E-state index contributed by atoms with van der Waals surface area (Å²) in [6.07, 6.45) is 3.62. The van der Waals surface area contributed by atoms with Gasteiger partial charge in [0.15, 0.2) is 11.4 Å². The van der Waals surface area contributed by atoms with Gasteiger partial charge in [0.05, 0.1) is 5.69 Å². The summed E-state index contributed by atoms with van der Waals surface area (Å²) in [5.74, 6) is 0.717. The number of thioether (sulfide) groups is 1. The molecule has 0 bridgehead atoms. The van der Waals surface area contributed by atoms with Crippen LogP contribution < -0.4 is 5.32 Å². The van der Waals surface area contributed by atoms with Crippen molar-refractivity contribution < 1.29 is 0 Å². The second-order valence-corrected chi connectivity index (χ2v) is 3.59. The molecule has 0 aliphatic rings. The van der Waals surface area contributed by atoms with Crippen molar-refractivity contribution >= 4 is 16.9 Å². The molecule has 1 heterocycles. The van der Waals surface area contributed by atoms with Crippen molar-refractivity contribution in [2.75, 3.05) is 6.54 Å². The van der Waals surface area contributed by atoms with E-state index in [1.807, 2.05) is 31.3 Å². The molecule has 0 atom stereocenters. The van der Waals surface area contributed by atoms with Crippen molar-refractivity contribution in [3.63, 3.8) is 0 Å². The molecule has 0 saturated heterocycles. The van der Waals surface area contributed by atoms with Crippen molar-refractivity contribution in [2.45, 2.75) is 12.7 Å². The summed E-state index contributed by atoms with van der Waals surface area (Å²) in [6, 6.07) is 5.77. The van der Waals surface area contributed by atoms with Crippen LogP contribution in [0, 0.1) is 11.5 Å². The number of nitrogens with zero attached hydrogens (tertiary/aromatic N) is 3. The zero-order chi connectivity index (χ0) is 10.9. The summed E-state index contributed by atoms with van der Waals surface area (Å²) in [6.45, 7) is 2.60. The number of rotatable bonds is 3. The molecule has 0 spiro atoms. The highest BCUT2D eigenvalue weighted by Crippen LogP contribution is 2.10. The molecule has 78 valence electrons. The summed E-state index contributed by atoms with van der Waals surface area (Å²) >= 11 is 1.48. The highest BCUT2D eigenvalue weighted by atomic mass is 32.2. The van der Waals surface area contributed by atoms with Crippen LogP contribution in [0.25, 0.3) is 0 Å². The predicted octanol–water partition coefficient (Wildman–Crippen LogP) is 1.76. The van der Waals surface area contributed by atoms with Gasteiger partial charge < -0.3 is 0 Å². The van der Waals surface area contributed by atoms with E-state index in [1.54, 1.807) is 6.20 Å². The Bertz CT molecular complexity index is 355. The van der Waals surface area contributed by atoms with Crippen LogP contribution in [0.15, 0.2) is 29.4 Å². The fourth-order valence-corrected chi connectivity index (χ4v) is 1.73. The lowest BCUT2D eigenvalue weighted by atomic mass is 10.4. The predicted molar refractivity (Wildman–Crippen MR) is 62.3 cm³/mol. The summed E-state index contributed by atoms with van der Waals surface area (Å²) in [5.41, 5.74) is 0.978. The minimum atomic E-state index is 0.644. The molecule has 0 saturated carbocycles. The third kappa shape index (κ3) is 4.47. The number of amidine groups is 1. The lowest BCUT2D eigenvalue weighted by Crippen LogP contribution is -2.14. The molecular formula is C10H12N4S. The van der Waals surface area contributed by atoms with Gasteiger partial charge in [-0.1, -0.05) is 17.8 Å². The Kier molecular flexibility index (Phi) is 5.26. The molecule has 0 aromatic carbocycles. The first-order chi connectivity index (χ1) is 7.36. The molecule has 15 heavy (non-hydrogen) atoms. The van der Waals surface area contributed by atoms with E-state index in [9.17, 15) is 0 Å². The summed E-state index contributed by atoms with van der Waals surface area (Å²) < 4.78 is 0. The number of hydrogen-bond acceptors (Lipinski definition) is 4. The fraction of sp³-hybridized carbons (Fsp3) is 0.300. The number of aliphatic imine (C=N–C) groups is 1. The molecule has 4 nitrogen and oxygen atoms in total. The van der Waals surface area contributed by atoms with Gasteiger partial charge in [0, 0.05) is 18.5 Å². The van der Waals surface area contributed by atoms with E-state index in [4.69, 9.17) is 5.26 Å². The molecule has 0 amide bonds. The van der Waals surface area contributed by atoms with Crippen molar-refractivity contribution in [1.82, 2.24) is 10.3 Å². The Morgan fingerprint density at radius 2 is 2.53 bits per heavy atom. The average molecular weight is 220 g/mol. The highest BCUT2D eigenvalue weighted by Gasteiger charge is 2.00. The average Bonchev–Trinajstić information content (AvgIpc) is 2.28. The molecule has 1 aromatic heterocycles. The van der Waals surface area contributed by atoms with Gasteiger partial charge in [0.2, 0.25) is 0 Å². The summed E-state index contributed by atoms with van der Waals surface area (Å²) in [7, 11) is 0. The van der Waals surface area contributed by atoms with Crippen molar-refractivity contribution in [2.24, 2.45) is 4.99 Å². The smallest absolute Gasteiger partial charge is 0.183 e. The molecule has 0 aliphatic carbocycles. The number of nitriles is 1. The quantitative estimate of drug-likeness (QED) is 0.365. The first-order valence-corrected chi connectivity index (χ1v) is 5.57. The maximum absolute atomic E-state index is 8.49. The van der Waals surface area contributed by atoms with Gasteiger partial charge in [-0.25, -0.2) is 0 Å². The third-order valence-corrected chi connectivity index (χ3v) is 2.49. The molecule has 5 heteroatoms. The molecular weight excluding hydrogens is 208 g/mol. The second kappa shape index (κ2) is 6.85. The van der Waals surface area contributed by atoms with Gasteiger partial charge in [-0.2, -0.15) is 5.26 Å².